The lowest BCUT2D eigenvalue weighted by molar-refractivity contribution is 0.00385. The van der Waals surface area contributed by atoms with Crippen LogP contribution in [-0.4, -0.2) is 34.4 Å². The third kappa shape index (κ3) is 2.65. The molecule has 0 bridgehead atoms. The Morgan fingerprint density at radius 2 is 2.06 bits per heavy atom. The number of anilines is 1. The van der Waals surface area contributed by atoms with Crippen molar-refractivity contribution in [3.63, 3.8) is 0 Å². The molecule has 0 saturated carbocycles. The summed E-state index contributed by atoms with van der Waals surface area (Å²) in [5, 5.41) is 20.2. The summed E-state index contributed by atoms with van der Waals surface area (Å²) in [6, 6.07) is 7.21. The average molecular weight is 239 g/mol. The molecular weight excluding hydrogens is 228 g/mol. The fourth-order valence-corrected chi connectivity index (χ4v) is 1.45. The second kappa shape index (κ2) is 5.01. The molecule has 0 radical (unpaired) electrons. The summed E-state index contributed by atoms with van der Waals surface area (Å²) in [6.45, 7) is -0.229. The van der Waals surface area contributed by atoms with Crippen molar-refractivity contribution in [2.24, 2.45) is 0 Å². The van der Waals surface area contributed by atoms with E-state index in [2.05, 4.69) is 15.5 Å². The van der Waals surface area contributed by atoms with E-state index >= 15 is 0 Å². The maximum atomic E-state index is 12.1. The summed E-state index contributed by atoms with van der Waals surface area (Å²) in [5.74, 6) is 0. The van der Waals surface area contributed by atoms with Crippen molar-refractivity contribution in [3.8, 4) is 0 Å². The maximum Gasteiger partial charge on any atom is 0.265 e. The van der Waals surface area contributed by atoms with Gasteiger partial charge in [-0.25, -0.2) is 8.78 Å². The van der Waals surface area contributed by atoms with Gasteiger partial charge >= 0.3 is 0 Å². The van der Waals surface area contributed by atoms with Crippen molar-refractivity contribution >= 4 is 16.6 Å². The number of aliphatic hydroxyl groups excluding tert-OH is 1. The van der Waals surface area contributed by atoms with Crippen molar-refractivity contribution in [3.05, 3.63) is 30.5 Å². The highest BCUT2D eigenvalue weighted by molar-refractivity contribution is 5.90. The Balaban J connectivity index is 2.19. The van der Waals surface area contributed by atoms with Gasteiger partial charge in [0.25, 0.3) is 6.43 Å². The van der Waals surface area contributed by atoms with Crippen molar-refractivity contribution in [2.75, 3.05) is 11.9 Å². The molecule has 2 N–H and O–H groups in total. The van der Waals surface area contributed by atoms with Crippen molar-refractivity contribution in [1.82, 2.24) is 10.2 Å². The Morgan fingerprint density at radius 3 is 2.82 bits per heavy atom. The first-order valence-electron chi connectivity index (χ1n) is 5.09. The van der Waals surface area contributed by atoms with Gasteiger partial charge < -0.3 is 10.4 Å². The first-order valence-corrected chi connectivity index (χ1v) is 5.09. The molecule has 0 aliphatic heterocycles. The van der Waals surface area contributed by atoms with Crippen molar-refractivity contribution < 1.29 is 13.9 Å². The topological polar surface area (TPSA) is 58.0 Å². The van der Waals surface area contributed by atoms with E-state index in [1.165, 1.54) is 6.20 Å². The van der Waals surface area contributed by atoms with Gasteiger partial charge in [-0.2, -0.15) is 10.2 Å². The van der Waals surface area contributed by atoms with Crippen LogP contribution in [0.25, 0.3) is 10.9 Å². The number of hydrogen-bond acceptors (Lipinski definition) is 4. The number of nitrogens with zero attached hydrogens (tertiary/aromatic N) is 2. The molecule has 6 heteroatoms. The van der Waals surface area contributed by atoms with Crippen LogP contribution in [0.4, 0.5) is 14.5 Å². The Morgan fingerprint density at radius 1 is 1.29 bits per heavy atom. The van der Waals surface area contributed by atoms with E-state index in [-0.39, 0.29) is 6.54 Å². The zero-order valence-electron chi connectivity index (χ0n) is 8.85. The summed E-state index contributed by atoms with van der Waals surface area (Å²) in [6.07, 6.45) is -3.01. The molecule has 0 amide bonds. The molecule has 0 aliphatic carbocycles. The molecule has 1 atom stereocenters. The normalized spacial score (nSPS) is 12.9. The van der Waals surface area contributed by atoms with Gasteiger partial charge in [0.05, 0.1) is 17.4 Å². The minimum atomic E-state index is -2.76. The van der Waals surface area contributed by atoms with Gasteiger partial charge in [-0.3, -0.25) is 0 Å². The van der Waals surface area contributed by atoms with Gasteiger partial charge in [0, 0.05) is 11.9 Å². The third-order valence-electron chi connectivity index (χ3n) is 2.34. The van der Waals surface area contributed by atoms with Crippen LogP contribution in [0.3, 0.4) is 0 Å². The van der Waals surface area contributed by atoms with Crippen LogP contribution in [0.2, 0.25) is 0 Å². The molecular formula is C11H11F2N3O. The summed E-state index contributed by atoms with van der Waals surface area (Å²) in [7, 11) is 0. The van der Waals surface area contributed by atoms with Crippen LogP contribution in [0, 0.1) is 0 Å². The van der Waals surface area contributed by atoms with Gasteiger partial charge in [-0.15, -0.1) is 0 Å². The number of aliphatic hydroxyl groups is 1. The van der Waals surface area contributed by atoms with Crippen LogP contribution in [-0.2, 0) is 0 Å². The van der Waals surface area contributed by atoms with Crippen molar-refractivity contribution in [2.45, 2.75) is 12.5 Å². The predicted molar refractivity (Wildman–Crippen MR) is 60.0 cm³/mol. The van der Waals surface area contributed by atoms with E-state index in [1.807, 2.05) is 12.1 Å². The summed E-state index contributed by atoms with van der Waals surface area (Å²) >= 11 is 0. The lowest BCUT2D eigenvalue weighted by atomic mass is 10.2. The third-order valence-corrected chi connectivity index (χ3v) is 2.34. The largest absolute Gasteiger partial charge is 0.385 e. The predicted octanol–water partition coefficient (Wildman–Crippen LogP) is 1.67. The molecule has 2 aromatic rings. The minimum Gasteiger partial charge on any atom is -0.385 e. The Labute approximate surface area is 96.3 Å². The van der Waals surface area contributed by atoms with Gasteiger partial charge in [0.1, 0.15) is 6.10 Å². The molecule has 17 heavy (non-hydrogen) atoms. The van der Waals surface area contributed by atoms with E-state index in [1.54, 1.807) is 12.1 Å². The van der Waals surface area contributed by atoms with Crippen molar-refractivity contribution in [1.29, 1.82) is 0 Å². The molecule has 0 spiro atoms. The summed E-state index contributed by atoms with van der Waals surface area (Å²) < 4.78 is 24.3. The quantitative estimate of drug-likeness (QED) is 0.852. The molecule has 90 valence electrons. The lowest BCUT2D eigenvalue weighted by Crippen LogP contribution is -2.26. The zero-order valence-corrected chi connectivity index (χ0v) is 8.85. The maximum absolute atomic E-state index is 12.1. The number of hydrogen-bond donors (Lipinski definition) is 2. The van der Waals surface area contributed by atoms with Crippen LogP contribution in [0.1, 0.15) is 0 Å². The van der Waals surface area contributed by atoms with Crippen LogP contribution in [0.5, 0.6) is 0 Å². The van der Waals surface area contributed by atoms with Crippen LogP contribution < -0.4 is 5.32 Å². The highest BCUT2D eigenvalue weighted by atomic mass is 19.3. The van der Waals surface area contributed by atoms with Gasteiger partial charge in [0.15, 0.2) is 0 Å². The van der Waals surface area contributed by atoms with Crippen LogP contribution >= 0.6 is 0 Å². The number of aromatic nitrogens is 2. The molecule has 4 nitrogen and oxygen atoms in total. The summed E-state index contributed by atoms with van der Waals surface area (Å²) in [4.78, 5) is 0. The second-order valence-electron chi connectivity index (χ2n) is 3.56. The highest BCUT2D eigenvalue weighted by Crippen LogP contribution is 2.19. The fraction of sp³-hybridized carbons (Fsp3) is 0.273. The number of nitrogens with one attached hydrogen (secondary N) is 1. The number of benzene rings is 1. The van der Waals surface area contributed by atoms with Gasteiger partial charge in [-0.1, -0.05) is 18.2 Å². The average Bonchev–Trinajstić information content (AvgIpc) is 2.35. The van der Waals surface area contributed by atoms with E-state index in [0.29, 0.717) is 11.2 Å². The lowest BCUT2D eigenvalue weighted by Gasteiger charge is -2.12. The Bertz CT molecular complexity index is 502. The SMILES string of the molecule is OC(CNc1cnnc2ccccc12)C(F)F. The molecule has 1 aromatic heterocycles. The fourth-order valence-electron chi connectivity index (χ4n) is 1.45. The molecule has 2 rings (SSSR count). The molecule has 1 aromatic carbocycles. The molecule has 1 unspecified atom stereocenters. The number of fused-ring (bicyclic) bond motifs is 1. The second-order valence-corrected chi connectivity index (χ2v) is 3.56. The van der Waals surface area contributed by atoms with E-state index < -0.39 is 12.5 Å². The first kappa shape index (κ1) is 11.7. The summed E-state index contributed by atoms with van der Waals surface area (Å²) in [5.41, 5.74) is 1.25. The zero-order chi connectivity index (χ0) is 12.3. The number of halogens is 2. The molecule has 0 aliphatic rings. The Kier molecular flexibility index (Phi) is 3.43. The number of alkyl halides is 2. The molecule has 0 fully saturated rings. The monoisotopic (exact) mass is 239 g/mol. The van der Waals surface area contributed by atoms with Crippen LogP contribution in [0.15, 0.2) is 30.5 Å². The van der Waals surface area contributed by atoms with E-state index in [0.717, 1.165) is 5.39 Å². The van der Waals surface area contributed by atoms with Gasteiger partial charge in [0.2, 0.25) is 0 Å². The van der Waals surface area contributed by atoms with E-state index in [4.69, 9.17) is 5.11 Å². The highest BCUT2D eigenvalue weighted by Gasteiger charge is 2.16. The minimum absolute atomic E-state index is 0.229. The standard InChI is InChI=1S/C11H11F2N3O/c12-11(13)10(17)6-14-9-5-15-16-8-4-2-1-3-7(8)9/h1-5,10-11,17H,6H2,(H,14,16). The molecule has 0 saturated heterocycles. The molecule has 1 heterocycles. The number of rotatable bonds is 4. The smallest absolute Gasteiger partial charge is 0.265 e. The van der Waals surface area contributed by atoms with Gasteiger partial charge in [-0.05, 0) is 6.07 Å². The Hall–Kier alpha value is -1.82. The first-order chi connectivity index (χ1) is 8.18. The van der Waals surface area contributed by atoms with E-state index in [9.17, 15) is 8.78 Å².